The number of nitrogens with zero attached hydrogens (tertiary/aromatic N) is 1. The van der Waals surface area contributed by atoms with Crippen LogP contribution in [0.25, 0.3) is 10.2 Å². The molecule has 0 spiro atoms. The summed E-state index contributed by atoms with van der Waals surface area (Å²) in [5, 5.41) is 0. The molecule has 344 valence electrons. The summed E-state index contributed by atoms with van der Waals surface area (Å²) in [5.74, 6) is -72.8. The molecule has 0 N–H and O–H groups in total. The summed E-state index contributed by atoms with van der Waals surface area (Å²) in [6.07, 6.45) is -5.71. The predicted molar refractivity (Wildman–Crippen MR) is 183 cm³/mol. The molecule has 0 atom stereocenters. The number of fused-ring (bicyclic) bond motifs is 1. The maximum Gasteiger partial charge on any atom is 0.345 e. The predicted octanol–water partition coefficient (Wildman–Crippen LogP) is 7.31. The van der Waals surface area contributed by atoms with Gasteiger partial charge in [0.1, 0.15) is 63.0 Å². The molecule has 0 saturated carbocycles. The largest absolute Gasteiger partial charge is 0.465 e. The fraction of sp³-hybridized carbons (Fsp3) is 0.0789. The maximum absolute atomic E-state index is 15.4. The SMILES string of the molecule is COC(=O)C(=CC[n+]1csc2ccccc21)C(=O)OC.Fc1c(F)c(F)c([B-](c2c(F)c(F)c(F)c(F)c2F)(c2c(F)c(F)c(F)c(F)c2F)c2c(F)c(F)c(F)c(F)c2F)c(F)c1F. The highest BCUT2D eigenvalue weighted by Gasteiger charge is 2.52. The highest BCUT2D eigenvalue weighted by Crippen LogP contribution is 2.31. The van der Waals surface area contributed by atoms with Crippen LogP contribution in [0.1, 0.15) is 0 Å². The van der Waals surface area contributed by atoms with Gasteiger partial charge < -0.3 is 9.47 Å². The molecule has 0 aliphatic rings. The molecule has 1 aromatic heterocycles. The molecule has 6 rings (SSSR count). The number of rotatable bonds is 8. The average Bonchev–Trinajstić information content (AvgIpc) is 3.71. The first-order chi connectivity index (χ1) is 30.4. The van der Waals surface area contributed by atoms with Gasteiger partial charge >= 0.3 is 11.9 Å². The van der Waals surface area contributed by atoms with Crippen LogP contribution in [0.5, 0.6) is 0 Å². The molecule has 6 aromatic rings. The fourth-order valence-corrected chi connectivity index (χ4v) is 7.55. The molecule has 1 heterocycles. The summed E-state index contributed by atoms with van der Waals surface area (Å²) in [6, 6.07) is 7.90. The van der Waals surface area contributed by atoms with Gasteiger partial charge in [0.25, 0.3) is 0 Å². The van der Waals surface area contributed by atoms with E-state index in [4.69, 9.17) is 0 Å². The lowest BCUT2D eigenvalue weighted by atomic mass is 9.12. The van der Waals surface area contributed by atoms with Crippen molar-refractivity contribution in [1.82, 2.24) is 0 Å². The van der Waals surface area contributed by atoms with E-state index in [1.165, 1.54) is 20.3 Å². The van der Waals surface area contributed by atoms with Crippen molar-refractivity contribution in [2.45, 2.75) is 6.54 Å². The number of esters is 2. The van der Waals surface area contributed by atoms with Crippen LogP contribution in [-0.4, -0.2) is 32.3 Å². The zero-order valence-electron chi connectivity index (χ0n) is 31.3. The Balaban J connectivity index is 0.000000330. The summed E-state index contributed by atoms with van der Waals surface area (Å²) in [4.78, 5) is 23.1. The maximum atomic E-state index is 15.4. The Labute approximate surface area is 351 Å². The number of carbonyl (C=O) groups is 2. The highest BCUT2D eigenvalue weighted by atomic mass is 32.1. The quantitative estimate of drug-likeness (QED) is 0.0185. The minimum atomic E-state index is -7.22. The van der Waals surface area contributed by atoms with Crippen LogP contribution < -0.4 is 26.4 Å². The molecule has 5 aromatic carbocycles. The van der Waals surface area contributed by atoms with Gasteiger partial charge in [0.05, 0.1) is 14.2 Å². The summed E-state index contributed by atoms with van der Waals surface area (Å²) >= 11 is 1.60. The van der Waals surface area contributed by atoms with E-state index >= 15 is 35.1 Å². The lowest BCUT2D eigenvalue weighted by Crippen LogP contribution is -2.81. The van der Waals surface area contributed by atoms with Gasteiger partial charge in [-0.1, -0.05) is 23.5 Å². The Hall–Kier alpha value is -6.67. The van der Waals surface area contributed by atoms with Crippen molar-refractivity contribution in [3.05, 3.63) is 158 Å². The summed E-state index contributed by atoms with van der Waals surface area (Å²) in [5.41, 5.74) is -11.4. The van der Waals surface area contributed by atoms with Crippen molar-refractivity contribution in [3.63, 3.8) is 0 Å². The molecule has 65 heavy (non-hydrogen) atoms. The molecule has 0 amide bonds. The normalized spacial score (nSPS) is 11.4. The number of hydrogen-bond donors (Lipinski definition) is 0. The highest BCUT2D eigenvalue weighted by molar-refractivity contribution is 7.20. The van der Waals surface area contributed by atoms with E-state index in [1.54, 1.807) is 11.3 Å². The molecule has 0 unspecified atom stereocenters. The second-order valence-electron chi connectivity index (χ2n) is 12.7. The second-order valence-corrected chi connectivity index (χ2v) is 13.6. The third kappa shape index (κ3) is 7.77. The van der Waals surface area contributed by atoms with E-state index in [9.17, 15) is 62.3 Å². The van der Waals surface area contributed by atoms with Gasteiger partial charge in [-0.2, -0.15) is 4.57 Å². The van der Waals surface area contributed by atoms with Gasteiger partial charge in [0.2, 0.25) is 11.0 Å². The standard InChI is InChI=1S/C24BF20.C14H14NO4S/c26-5-1(6(27)14(35)21(42)13(5)34)25(2-7(28)15(36)22(43)16(37)8(2)29,3-9(30)17(38)23(44)18(39)10(3)31)4-11(32)19(40)24(45)20(41)12(4)33;1-18-13(16)10(14(17)19-2)7-8-15-9-20-12-6-4-3-5-11(12)15/h;3-7,9H,8H2,1-2H3/q-1;+1. The molecule has 0 aliphatic heterocycles. The Morgan fingerprint density at radius 2 is 0.723 bits per heavy atom. The monoisotopic (exact) mass is 971 g/mol. The molecule has 0 bridgehead atoms. The van der Waals surface area contributed by atoms with Crippen LogP contribution in [0.3, 0.4) is 0 Å². The van der Waals surface area contributed by atoms with Crippen molar-refractivity contribution in [2.75, 3.05) is 14.2 Å². The molecule has 5 nitrogen and oxygen atoms in total. The number of ether oxygens (including phenoxy) is 2. The van der Waals surface area contributed by atoms with Gasteiger partial charge in [-0.3, -0.25) is 0 Å². The zero-order chi connectivity index (χ0) is 48.9. The molecule has 0 aliphatic carbocycles. The van der Waals surface area contributed by atoms with E-state index in [0.29, 0.717) is 6.54 Å². The smallest absolute Gasteiger partial charge is 0.345 e. The number of halogens is 20. The average molecular weight is 971 g/mol. The van der Waals surface area contributed by atoms with E-state index in [-0.39, 0.29) is 5.57 Å². The van der Waals surface area contributed by atoms with Gasteiger partial charge in [-0.15, -0.1) is 21.9 Å². The Bertz CT molecular complexity index is 2600. The minimum absolute atomic E-state index is 0.0993. The van der Waals surface area contributed by atoms with Crippen LogP contribution in [0, 0.1) is 116 Å². The van der Waals surface area contributed by atoms with Crippen LogP contribution in [-0.2, 0) is 25.6 Å². The van der Waals surface area contributed by atoms with Gasteiger partial charge in [0, 0.05) is 12.1 Å². The third-order valence-corrected chi connectivity index (χ3v) is 10.5. The summed E-state index contributed by atoms with van der Waals surface area (Å²) < 4.78 is 306. The van der Waals surface area contributed by atoms with Gasteiger partial charge in [-0.25, -0.2) is 97.4 Å². The summed E-state index contributed by atoms with van der Waals surface area (Å²) in [7, 11) is 2.46. The number of allylic oxidation sites excluding steroid dienone is 1. The Morgan fingerprint density at radius 3 is 1.00 bits per heavy atom. The molecular formula is C38H14BF20NO4S. The first kappa shape index (κ1) is 49.4. The molecule has 0 radical (unpaired) electrons. The van der Waals surface area contributed by atoms with Crippen molar-refractivity contribution < 1.29 is 111 Å². The number of methoxy groups -OCH3 is 2. The van der Waals surface area contributed by atoms with Gasteiger partial charge in [-0.05, 0) is 6.07 Å². The minimum Gasteiger partial charge on any atom is -0.465 e. The summed E-state index contributed by atoms with van der Waals surface area (Å²) in [6.45, 7) is 0.392. The first-order valence-electron chi connectivity index (χ1n) is 16.8. The number of hydrogen-bond acceptors (Lipinski definition) is 5. The number of carbonyl (C=O) groups excluding carboxylic acids is 2. The lowest BCUT2D eigenvalue weighted by Gasteiger charge is -2.44. The van der Waals surface area contributed by atoms with Crippen LogP contribution in [0.4, 0.5) is 87.8 Å². The van der Waals surface area contributed by atoms with E-state index in [0.717, 1.165) is 10.2 Å². The Kier molecular flexibility index (Phi) is 14.0. The van der Waals surface area contributed by atoms with Crippen molar-refractivity contribution in [1.29, 1.82) is 0 Å². The van der Waals surface area contributed by atoms with Gasteiger partial charge in [0.15, 0.2) is 76.4 Å². The Morgan fingerprint density at radius 1 is 0.462 bits per heavy atom. The number of thiazole rings is 1. The zero-order valence-corrected chi connectivity index (χ0v) is 32.1. The third-order valence-electron chi connectivity index (χ3n) is 9.49. The van der Waals surface area contributed by atoms with Crippen molar-refractivity contribution >= 4 is 61.5 Å². The molecule has 27 heteroatoms. The molecular weight excluding hydrogens is 957 g/mol. The number of para-hydroxylation sites is 1. The van der Waals surface area contributed by atoms with Crippen molar-refractivity contribution in [2.24, 2.45) is 0 Å². The molecule has 0 fully saturated rings. The topological polar surface area (TPSA) is 56.5 Å². The van der Waals surface area contributed by atoms with E-state index in [1.807, 2.05) is 34.3 Å². The fourth-order valence-electron chi connectivity index (χ4n) is 6.65. The second kappa shape index (κ2) is 18.4. The van der Waals surface area contributed by atoms with Crippen LogP contribution >= 0.6 is 11.3 Å². The van der Waals surface area contributed by atoms with Crippen molar-refractivity contribution in [3.8, 4) is 0 Å². The van der Waals surface area contributed by atoms with E-state index < -0.39 is 156 Å². The lowest BCUT2D eigenvalue weighted by molar-refractivity contribution is -0.656. The number of aromatic nitrogens is 1. The molecule has 0 saturated heterocycles. The van der Waals surface area contributed by atoms with Crippen LogP contribution in [0.15, 0.2) is 41.4 Å². The number of benzene rings is 5. The van der Waals surface area contributed by atoms with E-state index in [2.05, 4.69) is 9.47 Å². The van der Waals surface area contributed by atoms with Crippen LogP contribution in [0.2, 0.25) is 0 Å². The first-order valence-corrected chi connectivity index (χ1v) is 17.7.